The fraction of sp³-hybridized carbons (Fsp3) is 0. The second-order valence-electron chi connectivity index (χ2n) is 14.6. The molecule has 3 heterocycles. The van der Waals surface area contributed by atoms with Crippen LogP contribution in [0.5, 0.6) is 0 Å². The van der Waals surface area contributed by atoms with Gasteiger partial charge < -0.3 is 4.57 Å². The van der Waals surface area contributed by atoms with Gasteiger partial charge in [0.25, 0.3) is 0 Å². The molecule has 0 radical (unpaired) electrons. The van der Waals surface area contributed by atoms with Crippen LogP contribution in [-0.2, 0) is 0 Å². The van der Waals surface area contributed by atoms with Crippen LogP contribution < -0.4 is 0 Å². The van der Waals surface area contributed by atoms with Crippen molar-refractivity contribution >= 4 is 32.6 Å². The zero-order chi connectivity index (χ0) is 37.7. The van der Waals surface area contributed by atoms with E-state index in [1.165, 1.54) is 32.6 Å². The second kappa shape index (κ2) is 13.6. The van der Waals surface area contributed by atoms with Gasteiger partial charge >= 0.3 is 0 Å². The Bertz CT molecular complexity index is 2880. The van der Waals surface area contributed by atoms with Crippen LogP contribution in [0.1, 0.15) is 0 Å². The molecule has 3 heteroatoms. The highest BCUT2D eigenvalue weighted by molar-refractivity contribution is 6.24. The molecule has 0 aliphatic heterocycles. The predicted octanol–water partition coefficient (Wildman–Crippen LogP) is 14.2. The number of pyridine rings is 2. The average molecular weight is 726 g/mol. The van der Waals surface area contributed by atoms with Crippen molar-refractivity contribution < 1.29 is 0 Å². The fourth-order valence-corrected chi connectivity index (χ4v) is 8.40. The standard InChI is InChI=1S/C54H35N3/c1-5-15-36(16-6-1)42-32-47(38-19-9-3-10-20-38)55-49(34-42)44-29-45(50-35-43(37-17-7-2-8-18-37)33-48(56-50)39-21-11-4-12-22-39)31-46(30-44)57-51-25-13-23-40-27-28-41-24-14-26-52(57)54(41)53(40)51/h1-35H. The van der Waals surface area contributed by atoms with Gasteiger partial charge in [0, 0.05) is 38.7 Å². The van der Waals surface area contributed by atoms with E-state index >= 15 is 0 Å². The number of rotatable bonds is 7. The van der Waals surface area contributed by atoms with Crippen molar-refractivity contribution in [3.63, 3.8) is 0 Å². The lowest BCUT2D eigenvalue weighted by atomic mass is 9.96. The van der Waals surface area contributed by atoms with Gasteiger partial charge in [0.05, 0.1) is 33.8 Å². The normalized spacial score (nSPS) is 11.5. The first-order valence-electron chi connectivity index (χ1n) is 19.4. The molecule has 3 aromatic heterocycles. The third-order valence-corrected chi connectivity index (χ3v) is 11.1. The van der Waals surface area contributed by atoms with Crippen molar-refractivity contribution in [3.05, 3.63) is 212 Å². The maximum atomic E-state index is 5.41. The van der Waals surface area contributed by atoms with Gasteiger partial charge in [-0.2, -0.15) is 0 Å². The van der Waals surface area contributed by atoms with Crippen molar-refractivity contribution in [1.29, 1.82) is 0 Å². The van der Waals surface area contributed by atoms with Crippen molar-refractivity contribution in [3.8, 4) is 73.0 Å². The minimum atomic E-state index is 0.897. The molecule has 0 unspecified atom stereocenters. The Morgan fingerprint density at radius 2 is 0.632 bits per heavy atom. The predicted molar refractivity (Wildman–Crippen MR) is 238 cm³/mol. The maximum absolute atomic E-state index is 5.41. The molecule has 11 rings (SSSR count). The van der Waals surface area contributed by atoms with Gasteiger partial charge in [-0.05, 0) is 87.6 Å². The minimum Gasteiger partial charge on any atom is -0.309 e. The number of nitrogens with zero attached hydrogens (tertiary/aromatic N) is 3. The van der Waals surface area contributed by atoms with E-state index in [-0.39, 0.29) is 0 Å². The van der Waals surface area contributed by atoms with Gasteiger partial charge in [-0.15, -0.1) is 0 Å². The Morgan fingerprint density at radius 1 is 0.263 bits per heavy atom. The monoisotopic (exact) mass is 725 g/mol. The topological polar surface area (TPSA) is 30.7 Å². The molecule has 0 saturated carbocycles. The summed E-state index contributed by atoms with van der Waals surface area (Å²) >= 11 is 0. The van der Waals surface area contributed by atoms with E-state index in [1.807, 2.05) is 0 Å². The van der Waals surface area contributed by atoms with Crippen LogP contribution in [0.25, 0.3) is 106 Å². The highest BCUT2D eigenvalue weighted by Crippen LogP contribution is 2.41. The Morgan fingerprint density at radius 3 is 1.04 bits per heavy atom. The zero-order valence-electron chi connectivity index (χ0n) is 31.0. The Kier molecular flexibility index (Phi) is 7.82. The van der Waals surface area contributed by atoms with E-state index in [0.29, 0.717) is 0 Å². The maximum Gasteiger partial charge on any atom is 0.0716 e. The first-order chi connectivity index (χ1) is 28.2. The van der Waals surface area contributed by atoms with Gasteiger partial charge in [-0.1, -0.05) is 158 Å². The van der Waals surface area contributed by atoms with Crippen LogP contribution in [0, 0.1) is 0 Å². The summed E-state index contributed by atoms with van der Waals surface area (Å²) in [5, 5.41) is 5.04. The number of hydrogen-bond acceptors (Lipinski definition) is 2. The molecular weight excluding hydrogens is 691 g/mol. The van der Waals surface area contributed by atoms with Gasteiger partial charge in [-0.3, -0.25) is 0 Å². The molecule has 57 heavy (non-hydrogen) atoms. The molecule has 0 saturated heterocycles. The Labute approximate surface area is 331 Å². The SMILES string of the molecule is c1ccc(-c2cc(-c3ccccc3)nc(-c3cc(-c4cc(-c5ccccc5)cc(-c5ccccc5)n4)cc(-n4c5cccc6ccc7cccc4c7c65)c3)c2)cc1. The van der Waals surface area contributed by atoms with Crippen LogP contribution in [0.3, 0.4) is 0 Å². The summed E-state index contributed by atoms with van der Waals surface area (Å²) in [7, 11) is 0. The van der Waals surface area contributed by atoms with Crippen LogP contribution >= 0.6 is 0 Å². The highest BCUT2D eigenvalue weighted by Gasteiger charge is 2.19. The fourth-order valence-electron chi connectivity index (χ4n) is 8.40. The Balaban J connectivity index is 1.21. The van der Waals surface area contributed by atoms with E-state index in [2.05, 4.69) is 217 Å². The van der Waals surface area contributed by atoms with Crippen molar-refractivity contribution in [1.82, 2.24) is 14.5 Å². The second-order valence-corrected chi connectivity index (χ2v) is 14.6. The molecule has 8 aromatic carbocycles. The summed E-state index contributed by atoms with van der Waals surface area (Å²) in [5.41, 5.74) is 15.8. The van der Waals surface area contributed by atoms with Crippen LogP contribution in [-0.4, -0.2) is 14.5 Å². The lowest BCUT2D eigenvalue weighted by molar-refractivity contribution is 1.18. The summed E-state index contributed by atoms with van der Waals surface area (Å²) in [6.07, 6.45) is 0. The average Bonchev–Trinajstić information content (AvgIpc) is 3.65. The van der Waals surface area contributed by atoms with Gasteiger partial charge in [-0.25, -0.2) is 9.97 Å². The molecule has 0 N–H and O–H groups in total. The van der Waals surface area contributed by atoms with Crippen LogP contribution in [0.15, 0.2) is 212 Å². The molecule has 0 spiro atoms. The third-order valence-electron chi connectivity index (χ3n) is 11.1. The van der Waals surface area contributed by atoms with E-state index in [9.17, 15) is 0 Å². The molecule has 0 atom stereocenters. The summed E-state index contributed by atoms with van der Waals surface area (Å²) in [6, 6.07) is 75.6. The number of benzene rings is 8. The molecule has 0 fully saturated rings. The largest absolute Gasteiger partial charge is 0.309 e. The molecule has 0 bridgehead atoms. The number of aromatic nitrogens is 3. The highest BCUT2D eigenvalue weighted by atomic mass is 15.0. The van der Waals surface area contributed by atoms with E-state index in [4.69, 9.17) is 9.97 Å². The third kappa shape index (κ3) is 5.85. The van der Waals surface area contributed by atoms with Gasteiger partial charge in [0.1, 0.15) is 0 Å². The molecule has 11 aromatic rings. The van der Waals surface area contributed by atoms with Crippen molar-refractivity contribution in [2.45, 2.75) is 0 Å². The summed E-state index contributed by atoms with van der Waals surface area (Å²) in [5.74, 6) is 0. The minimum absolute atomic E-state index is 0.897. The molecule has 3 nitrogen and oxygen atoms in total. The zero-order valence-corrected chi connectivity index (χ0v) is 31.0. The summed E-state index contributed by atoms with van der Waals surface area (Å²) in [4.78, 5) is 10.8. The first-order valence-corrected chi connectivity index (χ1v) is 19.4. The van der Waals surface area contributed by atoms with Crippen LogP contribution in [0.4, 0.5) is 0 Å². The van der Waals surface area contributed by atoms with Crippen molar-refractivity contribution in [2.75, 3.05) is 0 Å². The van der Waals surface area contributed by atoms with Crippen LogP contribution in [0.2, 0.25) is 0 Å². The summed E-state index contributed by atoms with van der Waals surface area (Å²) in [6.45, 7) is 0. The summed E-state index contributed by atoms with van der Waals surface area (Å²) < 4.78 is 2.43. The molecule has 266 valence electrons. The lowest BCUT2D eigenvalue weighted by Crippen LogP contribution is -1.98. The molecule has 0 amide bonds. The molecular formula is C54H35N3. The molecule has 0 aliphatic rings. The van der Waals surface area contributed by atoms with Gasteiger partial charge in [0.15, 0.2) is 0 Å². The Hall–Kier alpha value is -7.62. The molecule has 0 aliphatic carbocycles. The van der Waals surface area contributed by atoms with Gasteiger partial charge in [0.2, 0.25) is 0 Å². The lowest BCUT2D eigenvalue weighted by Gasteiger charge is -2.16. The van der Waals surface area contributed by atoms with Crippen molar-refractivity contribution in [2.24, 2.45) is 0 Å². The van der Waals surface area contributed by atoms with E-state index in [0.717, 1.165) is 73.0 Å². The first kappa shape index (κ1) is 32.8. The van der Waals surface area contributed by atoms with E-state index < -0.39 is 0 Å². The smallest absolute Gasteiger partial charge is 0.0716 e. The quantitative estimate of drug-likeness (QED) is 0.153. The van der Waals surface area contributed by atoms with E-state index in [1.54, 1.807) is 0 Å². The number of hydrogen-bond donors (Lipinski definition) is 0.